The summed E-state index contributed by atoms with van der Waals surface area (Å²) in [6.45, 7) is 2.73. The molecule has 2 amide bonds. The van der Waals surface area contributed by atoms with Gasteiger partial charge in [-0.05, 0) is 31.2 Å². The highest BCUT2D eigenvalue weighted by molar-refractivity contribution is 6.00. The quantitative estimate of drug-likeness (QED) is 0.857. The fourth-order valence-electron chi connectivity index (χ4n) is 2.55. The number of nitrogens with zero attached hydrogens (tertiary/aromatic N) is 1. The first-order valence-electron chi connectivity index (χ1n) is 7.29. The van der Waals surface area contributed by atoms with E-state index in [1.54, 1.807) is 31.3 Å². The van der Waals surface area contributed by atoms with E-state index in [2.05, 4.69) is 5.32 Å². The van der Waals surface area contributed by atoms with Crippen molar-refractivity contribution in [1.82, 2.24) is 5.32 Å². The molecule has 1 N–H and O–H groups in total. The lowest BCUT2D eigenvalue weighted by molar-refractivity contribution is -0.127. The predicted molar refractivity (Wildman–Crippen MR) is 82.9 cm³/mol. The normalized spacial score (nSPS) is 19.1. The number of ether oxygens (including phenoxy) is 2. The van der Waals surface area contributed by atoms with E-state index in [0.717, 1.165) is 11.4 Å². The van der Waals surface area contributed by atoms with Crippen molar-refractivity contribution in [3.05, 3.63) is 24.3 Å². The smallest absolute Gasteiger partial charge is 0.227 e. The molecule has 0 aromatic heterocycles. The Balaban J connectivity index is 1.99. The summed E-state index contributed by atoms with van der Waals surface area (Å²) in [5.74, 6) is 0.269. The van der Waals surface area contributed by atoms with Crippen LogP contribution in [-0.4, -0.2) is 45.2 Å². The van der Waals surface area contributed by atoms with Gasteiger partial charge in [-0.25, -0.2) is 0 Å². The van der Waals surface area contributed by atoms with Gasteiger partial charge in [0, 0.05) is 31.8 Å². The maximum atomic E-state index is 12.2. The number of carbonyl (C=O) groups excluding carboxylic acids is 2. The Morgan fingerprint density at radius 1 is 1.36 bits per heavy atom. The molecule has 2 unspecified atom stereocenters. The zero-order valence-corrected chi connectivity index (χ0v) is 13.2. The van der Waals surface area contributed by atoms with Gasteiger partial charge in [0.15, 0.2) is 0 Å². The fraction of sp³-hybridized carbons (Fsp3) is 0.500. The summed E-state index contributed by atoms with van der Waals surface area (Å²) in [5, 5.41) is 2.87. The van der Waals surface area contributed by atoms with E-state index in [4.69, 9.17) is 9.47 Å². The number of amides is 2. The summed E-state index contributed by atoms with van der Waals surface area (Å²) >= 11 is 0. The zero-order chi connectivity index (χ0) is 16.1. The minimum Gasteiger partial charge on any atom is -0.497 e. The number of hydrogen-bond donors (Lipinski definition) is 1. The Hall–Kier alpha value is -2.08. The summed E-state index contributed by atoms with van der Waals surface area (Å²) in [6.07, 6.45) is 0.234. The molecule has 1 fully saturated rings. The Bertz CT molecular complexity index is 529. The largest absolute Gasteiger partial charge is 0.497 e. The van der Waals surface area contributed by atoms with Gasteiger partial charge in [-0.1, -0.05) is 0 Å². The Morgan fingerprint density at radius 2 is 2.05 bits per heavy atom. The average Bonchev–Trinajstić information content (AvgIpc) is 2.89. The third kappa shape index (κ3) is 3.76. The van der Waals surface area contributed by atoms with Crippen LogP contribution in [0.5, 0.6) is 5.75 Å². The van der Waals surface area contributed by atoms with Crippen molar-refractivity contribution < 1.29 is 19.1 Å². The van der Waals surface area contributed by atoms with Crippen molar-refractivity contribution in [2.24, 2.45) is 5.92 Å². The molecular formula is C16H22N2O4. The molecule has 0 spiro atoms. The molecule has 0 saturated carbocycles. The van der Waals surface area contributed by atoms with Gasteiger partial charge in [-0.3, -0.25) is 9.59 Å². The second kappa shape index (κ2) is 7.26. The topological polar surface area (TPSA) is 67.9 Å². The molecule has 6 heteroatoms. The minimum atomic E-state index is -0.325. The van der Waals surface area contributed by atoms with Crippen molar-refractivity contribution >= 4 is 17.5 Å². The number of nitrogens with one attached hydrogen (secondary N) is 1. The van der Waals surface area contributed by atoms with E-state index in [0.29, 0.717) is 13.2 Å². The van der Waals surface area contributed by atoms with Crippen LogP contribution in [0.2, 0.25) is 0 Å². The molecule has 0 aliphatic carbocycles. The van der Waals surface area contributed by atoms with Crippen molar-refractivity contribution in [3.63, 3.8) is 0 Å². The van der Waals surface area contributed by atoms with Crippen molar-refractivity contribution in [2.75, 3.05) is 32.3 Å². The minimum absolute atomic E-state index is 0.0373. The summed E-state index contributed by atoms with van der Waals surface area (Å²) in [5.41, 5.74) is 0.783. The lowest BCUT2D eigenvalue weighted by Gasteiger charge is -2.18. The number of hydrogen-bond acceptors (Lipinski definition) is 4. The lowest BCUT2D eigenvalue weighted by Crippen LogP contribution is -2.40. The predicted octanol–water partition coefficient (Wildman–Crippen LogP) is 1.20. The SMILES string of the molecule is COCC(C)NC(=O)C1CC(=O)N(c2ccc(OC)cc2)C1. The van der Waals surface area contributed by atoms with Crippen molar-refractivity contribution in [1.29, 1.82) is 0 Å². The molecule has 22 heavy (non-hydrogen) atoms. The molecule has 1 heterocycles. The maximum absolute atomic E-state index is 12.2. The second-order valence-electron chi connectivity index (χ2n) is 5.47. The second-order valence-corrected chi connectivity index (χ2v) is 5.47. The van der Waals surface area contributed by atoms with E-state index < -0.39 is 0 Å². The molecule has 0 bridgehead atoms. The molecule has 6 nitrogen and oxygen atoms in total. The van der Waals surface area contributed by atoms with Crippen LogP contribution in [0.1, 0.15) is 13.3 Å². The van der Waals surface area contributed by atoms with E-state index >= 15 is 0 Å². The zero-order valence-electron chi connectivity index (χ0n) is 13.2. The Kier molecular flexibility index (Phi) is 5.38. The van der Waals surface area contributed by atoms with Crippen LogP contribution in [0, 0.1) is 5.92 Å². The molecule has 1 aliphatic rings. The van der Waals surface area contributed by atoms with Crippen LogP contribution < -0.4 is 15.0 Å². The molecule has 2 rings (SSSR count). The Labute approximate surface area is 130 Å². The van der Waals surface area contributed by atoms with Crippen LogP contribution >= 0.6 is 0 Å². The highest BCUT2D eigenvalue weighted by atomic mass is 16.5. The third-order valence-corrected chi connectivity index (χ3v) is 3.69. The average molecular weight is 306 g/mol. The molecule has 1 aromatic rings. The fourth-order valence-corrected chi connectivity index (χ4v) is 2.55. The molecule has 0 radical (unpaired) electrons. The first kappa shape index (κ1) is 16.3. The van der Waals surface area contributed by atoms with Crippen LogP contribution in [0.4, 0.5) is 5.69 Å². The number of anilines is 1. The Morgan fingerprint density at radius 3 is 2.64 bits per heavy atom. The molecule has 2 atom stereocenters. The number of rotatable bonds is 6. The number of benzene rings is 1. The van der Waals surface area contributed by atoms with E-state index in [1.165, 1.54) is 0 Å². The highest BCUT2D eigenvalue weighted by Gasteiger charge is 2.35. The number of methoxy groups -OCH3 is 2. The van der Waals surface area contributed by atoms with Gasteiger partial charge in [0.1, 0.15) is 5.75 Å². The van der Waals surface area contributed by atoms with Gasteiger partial charge in [0.2, 0.25) is 11.8 Å². The molecule has 1 saturated heterocycles. The summed E-state index contributed by atoms with van der Waals surface area (Å²) in [6, 6.07) is 7.19. The van der Waals surface area contributed by atoms with E-state index in [-0.39, 0.29) is 30.2 Å². The van der Waals surface area contributed by atoms with Gasteiger partial charge < -0.3 is 19.7 Å². The van der Waals surface area contributed by atoms with Gasteiger partial charge >= 0.3 is 0 Å². The monoisotopic (exact) mass is 306 g/mol. The standard InChI is InChI=1S/C16H22N2O4/c1-11(10-21-2)17-16(20)12-8-15(19)18(9-12)13-4-6-14(22-3)7-5-13/h4-7,11-12H,8-10H2,1-3H3,(H,17,20). The third-order valence-electron chi connectivity index (χ3n) is 3.69. The molecule has 1 aliphatic heterocycles. The maximum Gasteiger partial charge on any atom is 0.227 e. The lowest BCUT2D eigenvalue weighted by atomic mass is 10.1. The first-order valence-corrected chi connectivity index (χ1v) is 7.29. The van der Waals surface area contributed by atoms with Crippen molar-refractivity contribution in [3.8, 4) is 5.75 Å². The van der Waals surface area contributed by atoms with Crippen LogP contribution in [0.25, 0.3) is 0 Å². The molecular weight excluding hydrogens is 284 g/mol. The summed E-state index contributed by atoms with van der Waals surface area (Å²) in [4.78, 5) is 26.0. The first-order chi connectivity index (χ1) is 10.5. The van der Waals surface area contributed by atoms with Gasteiger partial charge in [0.25, 0.3) is 0 Å². The van der Waals surface area contributed by atoms with E-state index in [1.807, 2.05) is 19.1 Å². The highest BCUT2D eigenvalue weighted by Crippen LogP contribution is 2.26. The van der Waals surface area contributed by atoms with Crippen molar-refractivity contribution in [2.45, 2.75) is 19.4 Å². The van der Waals surface area contributed by atoms with Gasteiger partial charge in [-0.15, -0.1) is 0 Å². The van der Waals surface area contributed by atoms with Crippen LogP contribution in [0.15, 0.2) is 24.3 Å². The van der Waals surface area contributed by atoms with Gasteiger partial charge in [-0.2, -0.15) is 0 Å². The van der Waals surface area contributed by atoms with Crippen LogP contribution in [0.3, 0.4) is 0 Å². The number of carbonyl (C=O) groups is 2. The van der Waals surface area contributed by atoms with Gasteiger partial charge in [0.05, 0.1) is 19.6 Å². The van der Waals surface area contributed by atoms with Crippen LogP contribution in [-0.2, 0) is 14.3 Å². The molecule has 1 aromatic carbocycles. The van der Waals surface area contributed by atoms with E-state index in [9.17, 15) is 9.59 Å². The summed E-state index contributed by atoms with van der Waals surface area (Å²) < 4.78 is 10.1. The summed E-state index contributed by atoms with van der Waals surface area (Å²) in [7, 11) is 3.19. The molecule has 120 valence electrons.